The smallest absolute Gasteiger partial charge is 0.222 e. The van der Waals surface area contributed by atoms with Gasteiger partial charge in [0.1, 0.15) is 0 Å². The van der Waals surface area contributed by atoms with Gasteiger partial charge in [0.05, 0.1) is 24.1 Å². The summed E-state index contributed by atoms with van der Waals surface area (Å²) in [5.74, 6) is -0.758. The molecule has 0 radical (unpaired) electrons. The molecule has 1 aromatic carbocycles. The third-order valence-corrected chi connectivity index (χ3v) is 3.35. The normalized spacial score (nSPS) is 12.4. The molecule has 0 spiro atoms. The summed E-state index contributed by atoms with van der Waals surface area (Å²) >= 11 is 11.6. The SMILES string of the molecule is Cn1c(C(F)(F)F)[n+](C)c2cc(Cl)c(Cl)cc21. The van der Waals surface area contributed by atoms with Gasteiger partial charge in [-0.3, -0.25) is 0 Å². The number of hydrogen-bond donors (Lipinski definition) is 0. The van der Waals surface area contributed by atoms with E-state index in [0.29, 0.717) is 11.0 Å². The van der Waals surface area contributed by atoms with Gasteiger partial charge in [0.25, 0.3) is 0 Å². The molecule has 0 atom stereocenters. The zero-order valence-corrected chi connectivity index (χ0v) is 10.5. The molecule has 2 rings (SSSR count). The summed E-state index contributed by atoms with van der Waals surface area (Å²) in [5, 5.41) is 0.461. The van der Waals surface area contributed by atoms with Crippen molar-refractivity contribution in [3.63, 3.8) is 0 Å². The molecule has 0 bridgehead atoms. The third kappa shape index (κ3) is 1.87. The van der Waals surface area contributed by atoms with Crippen LogP contribution >= 0.6 is 23.2 Å². The predicted octanol–water partition coefficient (Wildman–Crippen LogP) is 3.33. The Morgan fingerprint density at radius 3 is 2.24 bits per heavy atom. The van der Waals surface area contributed by atoms with Crippen LogP contribution < -0.4 is 4.57 Å². The lowest BCUT2D eigenvalue weighted by atomic mass is 10.3. The number of rotatable bonds is 0. The van der Waals surface area contributed by atoms with Crippen LogP contribution in [0.2, 0.25) is 10.0 Å². The van der Waals surface area contributed by atoms with Gasteiger partial charge in [-0.05, 0) is 0 Å². The van der Waals surface area contributed by atoms with Gasteiger partial charge in [0.15, 0.2) is 11.0 Å². The van der Waals surface area contributed by atoms with Crippen molar-refractivity contribution in [1.29, 1.82) is 0 Å². The number of benzene rings is 1. The standard InChI is InChI=1S/C10H8Cl2F3N2/c1-16-7-3-5(11)6(12)4-8(7)17(2)9(16)10(13,14)15/h3-4H,1-2H3/q+1. The number of aromatic nitrogens is 2. The molecular weight excluding hydrogens is 276 g/mol. The summed E-state index contributed by atoms with van der Waals surface area (Å²) in [6.45, 7) is 0. The van der Waals surface area contributed by atoms with Gasteiger partial charge in [-0.25, -0.2) is 9.13 Å². The molecule has 0 unspecified atom stereocenters. The van der Waals surface area contributed by atoms with Gasteiger partial charge < -0.3 is 0 Å². The van der Waals surface area contributed by atoms with E-state index in [1.165, 1.54) is 26.2 Å². The first-order valence-electron chi connectivity index (χ1n) is 4.64. The Morgan fingerprint density at radius 1 is 1.18 bits per heavy atom. The van der Waals surface area contributed by atoms with Crippen molar-refractivity contribution in [3.8, 4) is 0 Å². The second-order valence-corrected chi connectivity index (χ2v) is 4.51. The number of aryl methyl sites for hydroxylation is 2. The van der Waals surface area contributed by atoms with E-state index in [-0.39, 0.29) is 10.0 Å². The Balaban J connectivity index is 2.91. The molecule has 1 aromatic heterocycles. The van der Waals surface area contributed by atoms with Gasteiger partial charge in [0, 0.05) is 12.1 Å². The van der Waals surface area contributed by atoms with Crippen LogP contribution in [0.15, 0.2) is 12.1 Å². The van der Waals surface area contributed by atoms with Crippen molar-refractivity contribution < 1.29 is 17.7 Å². The monoisotopic (exact) mass is 283 g/mol. The van der Waals surface area contributed by atoms with Crippen LogP contribution in [0.3, 0.4) is 0 Å². The molecule has 0 saturated heterocycles. The highest BCUT2D eigenvalue weighted by Crippen LogP contribution is 2.32. The molecule has 0 fully saturated rings. The second kappa shape index (κ2) is 3.78. The molecule has 0 amide bonds. The van der Waals surface area contributed by atoms with E-state index in [2.05, 4.69) is 0 Å². The fraction of sp³-hybridized carbons (Fsp3) is 0.300. The minimum Gasteiger partial charge on any atom is -0.222 e. The Bertz CT molecular complexity index is 557. The van der Waals surface area contributed by atoms with E-state index >= 15 is 0 Å². The molecule has 0 saturated carbocycles. The second-order valence-electron chi connectivity index (χ2n) is 3.69. The highest BCUT2D eigenvalue weighted by Gasteiger charge is 2.45. The molecule has 1 heterocycles. The number of alkyl halides is 3. The zero-order valence-electron chi connectivity index (χ0n) is 8.94. The summed E-state index contributed by atoms with van der Waals surface area (Å²) in [5.41, 5.74) is 0.767. The Kier molecular flexibility index (Phi) is 2.78. The number of halogens is 5. The van der Waals surface area contributed by atoms with Crippen LogP contribution in [-0.4, -0.2) is 4.57 Å². The maximum absolute atomic E-state index is 12.8. The van der Waals surface area contributed by atoms with Crippen LogP contribution in [0.1, 0.15) is 5.82 Å². The highest BCUT2D eigenvalue weighted by molar-refractivity contribution is 6.42. The molecule has 0 aliphatic heterocycles. The van der Waals surface area contributed by atoms with E-state index in [1.54, 1.807) is 0 Å². The molecule has 2 aromatic rings. The number of imidazole rings is 1. The van der Waals surface area contributed by atoms with Crippen LogP contribution in [0.5, 0.6) is 0 Å². The Hall–Kier alpha value is -0.940. The van der Waals surface area contributed by atoms with Crippen molar-refractivity contribution >= 4 is 34.2 Å². The minimum atomic E-state index is -4.43. The lowest BCUT2D eigenvalue weighted by molar-refractivity contribution is -0.667. The lowest BCUT2D eigenvalue weighted by Gasteiger charge is -2.01. The molecular formula is C10H8Cl2F3N2+. The highest BCUT2D eigenvalue weighted by atomic mass is 35.5. The first-order valence-corrected chi connectivity index (χ1v) is 5.39. The van der Waals surface area contributed by atoms with Gasteiger partial charge in [-0.2, -0.15) is 13.2 Å². The lowest BCUT2D eigenvalue weighted by Crippen LogP contribution is -2.37. The number of hydrogen-bond acceptors (Lipinski definition) is 0. The number of nitrogens with zero attached hydrogens (tertiary/aromatic N) is 2. The summed E-state index contributed by atoms with van der Waals surface area (Å²) in [6.07, 6.45) is -4.43. The third-order valence-electron chi connectivity index (χ3n) is 2.63. The van der Waals surface area contributed by atoms with E-state index in [0.717, 1.165) is 9.13 Å². The maximum atomic E-state index is 12.8. The van der Waals surface area contributed by atoms with Gasteiger partial charge in [-0.1, -0.05) is 23.2 Å². The fourth-order valence-electron chi connectivity index (χ4n) is 1.90. The molecule has 92 valence electrons. The van der Waals surface area contributed by atoms with Crippen LogP contribution in [0, 0.1) is 0 Å². The van der Waals surface area contributed by atoms with E-state index in [4.69, 9.17) is 23.2 Å². The van der Waals surface area contributed by atoms with Crippen molar-refractivity contribution in [2.45, 2.75) is 6.18 Å². The van der Waals surface area contributed by atoms with E-state index < -0.39 is 12.0 Å². The maximum Gasteiger partial charge on any atom is 0.495 e. The first-order chi connectivity index (χ1) is 7.73. The van der Waals surface area contributed by atoms with Crippen molar-refractivity contribution in [3.05, 3.63) is 28.0 Å². The molecule has 17 heavy (non-hydrogen) atoms. The Labute approximate surface area is 105 Å². The Morgan fingerprint density at radius 2 is 1.71 bits per heavy atom. The average Bonchev–Trinajstić information content (AvgIpc) is 2.40. The molecule has 0 N–H and O–H groups in total. The first kappa shape index (κ1) is 12.5. The van der Waals surface area contributed by atoms with Gasteiger partial charge in [-0.15, -0.1) is 0 Å². The summed E-state index contributed by atoms with van der Waals surface area (Å²) in [4.78, 5) is 0. The largest absolute Gasteiger partial charge is 0.495 e. The number of fused-ring (bicyclic) bond motifs is 1. The predicted molar refractivity (Wildman–Crippen MR) is 59.1 cm³/mol. The summed E-state index contributed by atoms with van der Waals surface area (Å²) < 4.78 is 40.6. The van der Waals surface area contributed by atoms with Crippen LogP contribution in [-0.2, 0) is 20.3 Å². The topological polar surface area (TPSA) is 8.81 Å². The van der Waals surface area contributed by atoms with Gasteiger partial charge >= 0.3 is 12.0 Å². The summed E-state index contributed by atoms with van der Waals surface area (Å²) in [6, 6.07) is 2.85. The molecule has 0 aliphatic carbocycles. The molecule has 7 heteroatoms. The van der Waals surface area contributed by atoms with E-state index in [1.807, 2.05) is 0 Å². The van der Waals surface area contributed by atoms with Crippen molar-refractivity contribution in [2.24, 2.45) is 14.1 Å². The van der Waals surface area contributed by atoms with Gasteiger partial charge in [0.2, 0.25) is 0 Å². The quantitative estimate of drug-likeness (QED) is 0.656. The fourth-order valence-corrected chi connectivity index (χ4v) is 2.21. The molecule has 0 aliphatic rings. The van der Waals surface area contributed by atoms with E-state index in [9.17, 15) is 13.2 Å². The van der Waals surface area contributed by atoms with Crippen LogP contribution in [0.4, 0.5) is 13.2 Å². The van der Waals surface area contributed by atoms with Crippen molar-refractivity contribution in [2.75, 3.05) is 0 Å². The minimum absolute atomic E-state index is 0.231. The summed E-state index contributed by atoms with van der Waals surface area (Å²) in [7, 11) is 2.69. The zero-order chi connectivity index (χ0) is 13.0. The van der Waals surface area contributed by atoms with Crippen molar-refractivity contribution in [1.82, 2.24) is 4.57 Å². The average molecular weight is 284 g/mol. The molecule has 2 nitrogen and oxygen atoms in total. The van der Waals surface area contributed by atoms with Crippen LogP contribution in [0.25, 0.3) is 11.0 Å².